The summed E-state index contributed by atoms with van der Waals surface area (Å²) in [6.07, 6.45) is 0. The topological polar surface area (TPSA) is 32.3 Å². The Balaban J connectivity index is 2.60. The van der Waals surface area contributed by atoms with E-state index in [1.54, 1.807) is 6.92 Å². The van der Waals surface area contributed by atoms with Crippen molar-refractivity contribution in [3.8, 4) is 0 Å². The van der Waals surface area contributed by atoms with Crippen LogP contribution in [0.25, 0.3) is 0 Å². The molecule has 1 aromatic carbocycles. The van der Waals surface area contributed by atoms with Gasteiger partial charge in [0.1, 0.15) is 0 Å². The van der Waals surface area contributed by atoms with Crippen LogP contribution < -0.4 is 10.2 Å². The number of rotatable bonds is 0. The second-order valence-corrected chi connectivity index (χ2v) is 6.11. The van der Waals surface area contributed by atoms with E-state index in [0.29, 0.717) is 6.54 Å². The zero-order valence-electron chi connectivity index (χ0n) is 10.6. The van der Waals surface area contributed by atoms with Crippen LogP contribution in [0.15, 0.2) is 16.6 Å². The average Bonchev–Trinajstić information content (AvgIpc) is 2.17. The number of benzene rings is 1. The molecule has 1 aromatic rings. The second-order valence-electron chi connectivity index (χ2n) is 5.25. The molecule has 0 radical (unpaired) electrons. The number of halogens is 1. The van der Waals surface area contributed by atoms with E-state index in [1.165, 1.54) is 0 Å². The van der Waals surface area contributed by atoms with Crippen molar-refractivity contribution in [3.05, 3.63) is 22.2 Å². The molecule has 0 spiro atoms. The van der Waals surface area contributed by atoms with Crippen LogP contribution in [0, 0.1) is 6.92 Å². The van der Waals surface area contributed by atoms with Crippen molar-refractivity contribution in [1.29, 1.82) is 0 Å². The number of nitrogens with one attached hydrogen (secondary N) is 1. The average molecular weight is 297 g/mol. The molecule has 0 saturated heterocycles. The van der Waals surface area contributed by atoms with E-state index in [9.17, 15) is 4.79 Å². The van der Waals surface area contributed by atoms with Gasteiger partial charge in [-0.2, -0.15) is 0 Å². The summed E-state index contributed by atoms with van der Waals surface area (Å²) in [7, 11) is 0. The van der Waals surface area contributed by atoms with Crippen LogP contribution in [0.3, 0.4) is 0 Å². The molecular formula is C13H17BrN2O. The third kappa shape index (κ3) is 2.32. The predicted molar refractivity (Wildman–Crippen MR) is 74.6 cm³/mol. The number of carbonyl (C=O) groups excluding carboxylic acids is 1. The highest BCUT2D eigenvalue weighted by molar-refractivity contribution is 9.10. The minimum atomic E-state index is -0.115. The highest BCUT2D eigenvalue weighted by Crippen LogP contribution is 2.40. The van der Waals surface area contributed by atoms with Crippen molar-refractivity contribution in [2.45, 2.75) is 33.2 Å². The molecule has 4 heteroatoms. The molecular weight excluding hydrogens is 280 g/mol. The van der Waals surface area contributed by atoms with Crippen LogP contribution in [-0.4, -0.2) is 18.0 Å². The first-order chi connectivity index (χ1) is 7.80. The maximum absolute atomic E-state index is 11.8. The van der Waals surface area contributed by atoms with Crippen molar-refractivity contribution < 1.29 is 4.79 Å². The monoisotopic (exact) mass is 296 g/mol. The van der Waals surface area contributed by atoms with Crippen LogP contribution >= 0.6 is 15.9 Å². The lowest BCUT2D eigenvalue weighted by Gasteiger charge is -2.41. The smallest absolute Gasteiger partial charge is 0.224 e. The Morgan fingerprint density at radius 1 is 1.47 bits per heavy atom. The number of anilines is 2. The number of carbonyl (C=O) groups is 1. The Labute approximate surface area is 110 Å². The van der Waals surface area contributed by atoms with Crippen LogP contribution in [0.2, 0.25) is 0 Å². The van der Waals surface area contributed by atoms with Gasteiger partial charge in [-0.15, -0.1) is 0 Å². The van der Waals surface area contributed by atoms with Gasteiger partial charge >= 0.3 is 0 Å². The first-order valence-electron chi connectivity index (χ1n) is 5.66. The summed E-state index contributed by atoms with van der Waals surface area (Å²) in [5.74, 6) is 0.0818. The van der Waals surface area contributed by atoms with Gasteiger partial charge in [0.25, 0.3) is 0 Å². The molecule has 1 amide bonds. The summed E-state index contributed by atoms with van der Waals surface area (Å²) >= 11 is 3.56. The third-order valence-corrected chi connectivity index (χ3v) is 3.53. The third-order valence-electron chi connectivity index (χ3n) is 2.90. The van der Waals surface area contributed by atoms with Crippen LogP contribution in [0.4, 0.5) is 11.4 Å². The van der Waals surface area contributed by atoms with E-state index >= 15 is 0 Å². The first kappa shape index (κ1) is 12.4. The molecule has 0 bridgehead atoms. The Kier molecular flexibility index (Phi) is 2.94. The molecule has 1 heterocycles. The molecule has 1 N–H and O–H groups in total. The molecule has 0 fully saturated rings. The van der Waals surface area contributed by atoms with Gasteiger partial charge in [0.05, 0.1) is 11.4 Å². The molecule has 1 aliphatic rings. The van der Waals surface area contributed by atoms with E-state index in [2.05, 4.69) is 41.2 Å². The molecule has 0 atom stereocenters. The van der Waals surface area contributed by atoms with Gasteiger partial charge in [0.15, 0.2) is 0 Å². The molecule has 1 aliphatic heterocycles. The number of amides is 1. The lowest BCUT2D eigenvalue weighted by Crippen LogP contribution is -2.50. The van der Waals surface area contributed by atoms with E-state index in [-0.39, 0.29) is 11.4 Å². The number of aryl methyl sites for hydroxylation is 1. The van der Waals surface area contributed by atoms with Crippen LogP contribution in [0.5, 0.6) is 0 Å². The number of nitrogens with zero attached hydrogens (tertiary/aromatic N) is 1. The Morgan fingerprint density at radius 3 is 2.71 bits per heavy atom. The highest BCUT2D eigenvalue weighted by Gasteiger charge is 2.32. The molecule has 17 heavy (non-hydrogen) atoms. The standard InChI is InChI=1S/C13H17BrN2O/c1-8-5-10(14)12-11(6-8)16(9(2)17)7-13(3,4)15-12/h5-6,15H,7H2,1-4H3. The fourth-order valence-electron chi connectivity index (χ4n) is 2.20. The van der Waals surface area contributed by atoms with E-state index in [0.717, 1.165) is 21.4 Å². The first-order valence-corrected chi connectivity index (χ1v) is 6.46. The van der Waals surface area contributed by atoms with Gasteiger partial charge < -0.3 is 10.2 Å². The van der Waals surface area contributed by atoms with Gasteiger partial charge in [-0.1, -0.05) is 0 Å². The summed E-state index contributed by atoms with van der Waals surface area (Å²) in [4.78, 5) is 13.6. The molecule has 0 aromatic heterocycles. The minimum Gasteiger partial charge on any atom is -0.376 e. The second kappa shape index (κ2) is 4.02. The zero-order valence-corrected chi connectivity index (χ0v) is 12.2. The Hall–Kier alpha value is -1.03. The minimum absolute atomic E-state index is 0.0818. The van der Waals surface area contributed by atoms with Crippen molar-refractivity contribution in [2.75, 3.05) is 16.8 Å². The molecule has 2 rings (SSSR count). The zero-order chi connectivity index (χ0) is 12.8. The lowest BCUT2D eigenvalue weighted by molar-refractivity contribution is -0.116. The van der Waals surface area contributed by atoms with E-state index < -0.39 is 0 Å². The van der Waals surface area contributed by atoms with Gasteiger partial charge in [-0.25, -0.2) is 0 Å². The fourth-order valence-corrected chi connectivity index (χ4v) is 2.86. The highest BCUT2D eigenvalue weighted by atomic mass is 79.9. The molecule has 0 saturated carbocycles. The van der Waals surface area contributed by atoms with Crippen LogP contribution in [-0.2, 0) is 4.79 Å². The van der Waals surface area contributed by atoms with Gasteiger partial charge in [-0.05, 0) is 54.4 Å². The number of hydrogen-bond acceptors (Lipinski definition) is 2. The van der Waals surface area contributed by atoms with Crippen molar-refractivity contribution in [1.82, 2.24) is 0 Å². The predicted octanol–water partition coefficient (Wildman–Crippen LogP) is 3.31. The quantitative estimate of drug-likeness (QED) is 0.796. The fraction of sp³-hybridized carbons (Fsp3) is 0.462. The largest absolute Gasteiger partial charge is 0.376 e. The normalized spacial score (nSPS) is 17.4. The van der Waals surface area contributed by atoms with Gasteiger partial charge in [-0.3, -0.25) is 4.79 Å². The number of fused-ring (bicyclic) bond motifs is 1. The van der Waals surface area contributed by atoms with E-state index in [1.807, 2.05) is 17.9 Å². The SMILES string of the molecule is CC(=O)N1CC(C)(C)Nc2c(Br)cc(C)cc21. The molecule has 0 aliphatic carbocycles. The summed E-state index contributed by atoms with van der Waals surface area (Å²) in [5, 5.41) is 3.48. The Morgan fingerprint density at radius 2 is 2.12 bits per heavy atom. The van der Waals surface area contributed by atoms with E-state index in [4.69, 9.17) is 0 Å². The van der Waals surface area contributed by atoms with Gasteiger partial charge in [0, 0.05) is 23.5 Å². The maximum atomic E-state index is 11.8. The van der Waals surface area contributed by atoms with Gasteiger partial charge in [0.2, 0.25) is 5.91 Å². The lowest BCUT2D eigenvalue weighted by atomic mass is 9.98. The van der Waals surface area contributed by atoms with Crippen molar-refractivity contribution in [2.24, 2.45) is 0 Å². The molecule has 3 nitrogen and oxygen atoms in total. The van der Waals surface area contributed by atoms with Crippen LogP contribution in [0.1, 0.15) is 26.3 Å². The molecule has 0 unspecified atom stereocenters. The Bertz CT molecular complexity index is 483. The molecule has 92 valence electrons. The summed E-state index contributed by atoms with van der Waals surface area (Å²) < 4.78 is 1.01. The summed E-state index contributed by atoms with van der Waals surface area (Å²) in [6.45, 7) is 8.52. The summed E-state index contributed by atoms with van der Waals surface area (Å²) in [5.41, 5.74) is 2.99. The number of hydrogen-bond donors (Lipinski definition) is 1. The maximum Gasteiger partial charge on any atom is 0.224 e. The van der Waals surface area contributed by atoms with Crippen molar-refractivity contribution >= 4 is 33.2 Å². The summed E-state index contributed by atoms with van der Waals surface area (Å²) in [6, 6.07) is 4.11. The van der Waals surface area contributed by atoms with Crippen molar-refractivity contribution in [3.63, 3.8) is 0 Å².